The van der Waals surface area contributed by atoms with Gasteiger partial charge in [0.05, 0.1) is 28.5 Å². The maximum Gasteiger partial charge on any atom is 0.263 e. The highest BCUT2D eigenvalue weighted by molar-refractivity contribution is 9.11. The van der Waals surface area contributed by atoms with Crippen LogP contribution in [0.2, 0.25) is 0 Å². The van der Waals surface area contributed by atoms with Gasteiger partial charge in [0.25, 0.3) is 11.8 Å². The predicted molar refractivity (Wildman–Crippen MR) is 117 cm³/mol. The van der Waals surface area contributed by atoms with E-state index in [0.717, 1.165) is 27.1 Å². The number of rotatable bonds is 4. The van der Waals surface area contributed by atoms with Crippen LogP contribution in [0.25, 0.3) is 19.5 Å². The molecule has 1 aliphatic rings. The summed E-state index contributed by atoms with van der Waals surface area (Å²) in [5, 5.41) is 0. The van der Waals surface area contributed by atoms with E-state index in [1.54, 1.807) is 22.7 Å². The summed E-state index contributed by atoms with van der Waals surface area (Å²) in [4.78, 5) is 31.4. The Hall–Kier alpha value is -0.800. The lowest BCUT2D eigenvalue weighted by atomic mass is 10.1. The Morgan fingerprint density at radius 2 is 1.31 bits per heavy atom. The van der Waals surface area contributed by atoms with Crippen LogP contribution >= 0.6 is 65.9 Å². The zero-order valence-electron chi connectivity index (χ0n) is 13.8. The van der Waals surface area contributed by atoms with Crippen molar-refractivity contribution >= 4 is 77.7 Å². The van der Waals surface area contributed by atoms with Gasteiger partial charge >= 0.3 is 0 Å². The fourth-order valence-corrected chi connectivity index (χ4v) is 7.24. The molecule has 0 saturated carbocycles. The van der Waals surface area contributed by atoms with Crippen molar-refractivity contribution < 1.29 is 9.59 Å². The Labute approximate surface area is 179 Å². The quantitative estimate of drug-likeness (QED) is 0.341. The minimum absolute atomic E-state index is 0.170. The highest BCUT2D eigenvalue weighted by atomic mass is 79.9. The molecule has 0 aromatic carbocycles. The zero-order chi connectivity index (χ0) is 18.6. The summed E-state index contributed by atoms with van der Waals surface area (Å²) in [5.41, 5.74) is 1.13. The van der Waals surface area contributed by atoms with Crippen molar-refractivity contribution in [2.45, 2.75) is 13.8 Å². The molecular formula is C18H13Br2NO2S3. The number of hydrogen-bond donors (Lipinski definition) is 0. The topological polar surface area (TPSA) is 37.4 Å². The number of hydrogen-bond acceptors (Lipinski definition) is 5. The Bertz CT molecular complexity index is 957. The molecule has 8 heteroatoms. The summed E-state index contributed by atoms with van der Waals surface area (Å²) >= 11 is 11.7. The number of carbonyl (C=O) groups is 2. The molecule has 26 heavy (non-hydrogen) atoms. The molecule has 0 atom stereocenters. The summed E-state index contributed by atoms with van der Waals surface area (Å²) in [5.74, 6) is -0.109. The van der Waals surface area contributed by atoms with Crippen molar-refractivity contribution in [3.63, 3.8) is 0 Å². The highest BCUT2D eigenvalue weighted by Gasteiger charge is 2.42. The summed E-state index contributed by atoms with van der Waals surface area (Å²) in [6.45, 7) is 4.47. The molecule has 0 aliphatic carbocycles. The van der Waals surface area contributed by atoms with E-state index in [1.165, 1.54) is 16.2 Å². The van der Waals surface area contributed by atoms with Crippen LogP contribution in [0.4, 0.5) is 0 Å². The van der Waals surface area contributed by atoms with E-state index in [0.29, 0.717) is 17.7 Å². The molecule has 0 unspecified atom stereocenters. The average Bonchev–Trinajstić information content (AvgIpc) is 3.31. The molecule has 4 heterocycles. The minimum Gasteiger partial charge on any atom is -0.274 e. The third-order valence-corrected chi connectivity index (χ3v) is 8.77. The summed E-state index contributed by atoms with van der Waals surface area (Å²) in [6, 6.07) is 7.94. The van der Waals surface area contributed by atoms with E-state index < -0.39 is 0 Å². The second kappa shape index (κ2) is 6.98. The molecule has 0 radical (unpaired) electrons. The first kappa shape index (κ1) is 18.6. The van der Waals surface area contributed by atoms with Crippen molar-refractivity contribution in [3.05, 3.63) is 43.0 Å². The molecule has 0 N–H and O–H groups in total. The Kier molecular flexibility index (Phi) is 4.98. The van der Waals surface area contributed by atoms with Gasteiger partial charge in [-0.3, -0.25) is 14.5 Å². The SMILES string of the molecule is CC(C)CN1C(=O)c2c(-c3ccc(Br)s3)sc(-c3ccc(Br)s3)c2C1=O. The van der Waals surface area contributed by atoms with Gasteiger partial charge in [0, 0.05) is 16.3 Å². The number of thiophene rings is 3. The second-order valence-corrected chi connectivity index (χ2v) is 12.3. The molecule has 1 aliphatic heterocycles. The van der Waals surface area contributed by atoms with Gasteiger partial charge in [-0.15, -0.1) is 34.0 Å². The summed E-state index contributed by atoms with van der Waals surface area (Å²) in [7, 11) is 0. The summed E-state index contributed by atoms with van der Waals surface area (Å²) < 4.78 is 2.01. The van der Waals surface area contributed by atoms with Crippen molar-refractivity contribution in [1.82, 2.24) is 4.90 Å². The third kappa shape index (κ3) is 3.05. The van der Waals surface area contributed by atoms with Crippen LogP contribution in [-0.2, 0) is 0 Å². The van der Waals surface area contributed by atoms with Crippen LogP contribution in [0.3, 0.4) is 0 Å². The van der Waals surface area contributed by atoms with Gasteiger partial charge in [0.1, 0.15) is 0 Å². The van der Waals surface area contributed by atoms with Crippen molar-refractivity contribution in [3.8, 4) is 19.5 Å². The molecule has 3 aromatic rings. The number of nitrogens with zero attached hydrogens (tertiary/aromatic N) is 1. The normalized spacial score (nSPS) is 14.0. The van der Waals surface area contributed by atoms with Crippen LogP contribution in [0.15, 0.2) is 31.8 Å². The first-order chi connectivity index (χ1) is 12.4. The Morgan fingerprint density at radius 1 is 0.846 bits per heavy atom. The predicted octanol–water partition coefficient (Wildman–Crippen LogP) is 6.98. The largest absolute Gasteiger partial charge is 0.274 e. The van der Waals surface area contributed by atoms with Crippen molar-refractivity contribution in [2.75, 3.05) is 6.54 Å². The van der Waals surface area contributed by atoms with Crippen molar-refractivity contribution in [2.24, 2.45) is 5.92 Å². The third-order valence-electron chi connectivity index (χ3n) is 3.97. The number of imide groups is 1. The fourth-order valence-electron chi connectivity index (χ4n) is 2.95. The van der Waals surface area contributed by atoms with Gasteiger partial charge in [-0.2, -0.15) is 0 Å². The van der Waals surface area contributed by atoms with E-state index in [9.17, 15) is 9.59 Å². The van der Waals surface area contributed by atoms with Crippen LogP contribution in [0.5, 0.6) is 0 Å². The average molecular weight is 531 g/mol. The molecule has 4 rings (SSSR count). The van der Waals surface area contributed by atoms with E-state index in [2.05, 4.69) is 31.9 Å². The molecular weight excluding hydrogens is 518 g/mol. The monoisotopic (exact) mass is 529 g/mol. The smallest absolute Gasteiger partial charge is 0.263 e. The number of fused-ring (bicyclic) bond motifs is 1. The Morgan fingerprint density at radius 3 is 1.65 bits per heavy atom. The van der Waals surface area contributed by atoms with Gasteiger partial charge in [0.15, 0.2) is 0 Å². The molecule has 0 bridgehead atoms. The lowest BCUT2D eigenvalue weighted by Gasteiger charge is -2.16. The maximum atomic E-state index is 13.1. The molecule has 0 spiro atoms. The van der Waals surface area contributed by atoms with E-state index in [4.69, 9.17) is 0 Å². The van der Waals surface area contributed by atoms with E-state index in [1.807, 2.05) is 38.1 Å². The molecule has 0 saturated heterocycles. The number of amides is 2. The summed E-state index contributed by atoms with van der Waals surface area (Å²) in [6.07, 6.45) is 0. The van der Waals surface area contributed by atoms with Crippen LogP contribution in [0, 0.1) is 5.92 Å². The molecule has 134 valence electrons. The lowest BCUT2D eigenvalue weighted by Crippen LogP contribution is -2.33. The molecule has 3 nitrogen and oxygen atoms in total. The standard InChI is InChI=1S/C18H13Br2NO2S3/c1-8(2)7-21-17(22)13-14(18(21)23)16(10-4-6-12(20)25-10)26-15(13)9-3-5-11(19)24-9/h3-6,8H,7H2,1-2H3. The van der Waals surface area contributed by atoms with Gasteiger partial charge in [-0.1, -0.05) is 13.8 Å². The van der Waals surface area contributed by atoms with Gasteiger partial charge < -0.3 is 0 Å². The van der Waals surface area contributed by atoms with Crippen LogP contribution in [-0.4, -0.2) is 23.3 Å². The van der Waals surface area contributed by atoms with Crippen molar-refractivity contribution in [1.29, 1.82) is 0 Å². The lowest BCUT2D eigenvalue weighted by molar-refractivity contribution is 0.0636. The van der Waals surface area contributed by atoms with E-state index in [-0.39, 0.29) is 17.7 Å². The van der Waals surface area contributed by atoms with E-state index >= 15 is 0 Å². The Balaban J connectivity index is 1.93. The molecule has 2 amide bonds. The first-order valence-electron chi connectivity index (χ1n) is 7.91. The fraction of sp³-hybridized carbons (Fsp3) is 0.222. The van der Waals surface area contributed by atoms with Crippen LogP contribution < -0.4 is 0 Å². The number of halogens is 2. The van der Waals surface area contributed by atoms with Gasteiger partial charge in [-0.05, 0) is 62.0 Å². The maximum absolute atomic E-state index is 13.1. The second-order valence-electron chi connectivity index (χ2n) is 6.33. The van der Waals surface area contributed by atoms with Crippen LogP contribution in [0.1, 0.15) is 34.6 Å². The minimum atomic E-state index is -0.170. The van der Waals surface area contributed by atoms with Gasteiger partial charge in [-0.25, -0.2) is 0 Å². The first-order valence-corrected chi connectivity index (χ1v) is 11.9. The molecule has 0 fully saturated rings. The molecule has 3 aromatic heterocycles. The number of carbonyl (C=O) groups excluding carboxylic acids is 2. The zero-order valence-corrected chi connectivity index (χ0v) is 19.5. The highest BCUT2D eigenvalue weighted by Crippen LogP contribution is 2.49. The van der Waals surface area contributed by atoms with Gasteiger partial charge in [0.2, 0.25) is 0 Å².